The molecular formula is C19H16ClNO3S2. The van der Waals surface area contributed by atoms with Crippen LogP contribution in [0.5, 0.6) is 11.5 Å². The number of para-hydroxylation sites is 1. The van der Waals surface area contributed by atoms with Crippen LogP contribution < -0.4 is 14.4 Å². The lowest BCUT2D eigenvalue weighted by Crippen LogP contribution is -2.27. The molecule has 134 valence electrons. The number of thioether (sulfide) groups is 1. The smallest absolute Gasteiger partial charge is 0.270 e. The molecule has 1 fully saturated rings. The number of nitrogens with zero attached hydrogens (tertiary/aromatic N) is 1. The Morgan fingerprint density at radius 1 is 1.27 bits per heavy atom. The molecule has 2 aromatic rings. The van der Waals surface area contributed by atoms with Gasteiger partial charge < -0.3 is 9.47 Å². The van der Waals surface area contributed by atoms with Crippen LogP contribution >= 0.6 is 35.6 Å². The minimum absolute atomic E-state index is 0.156. The number of ether oxygens (including phenoxy) is 2. The van der Waals surface area contributed by atoms with E-state index in [0.717, 1.165) is 11.3 Å². The van der Waals surface area contributed by atoms with Gasteiger partial charge in [-0.3, -0.25) is 9.69 Å². The number of hydrogen-bond acceptors (Lipinski definition) is 5. The average molecular weight is 406 g/mol. The summed E-state index contributed by atoms with van der Waals surface area (Å²) in [5, 5.41) is 0.420. The zero-order chi connectivity index (χ0) is 18.7. The Kier molecular flexibility index (Phi) is 5.86. The quantitative estimate of drug-likeness (QED) is 0.508. The van der Waals surface area contributed by atoms with E-state index in [9.17, 15) is 4.79 Å². The molecule has 0 bridgehead atoms. The van der Waals surface area contributed by atoms with Gasteiger partial charge in [0.25, 0.3) is 5.91 Å². The van der Waals surface area contributed by atoms with E-state index in [1.165, 1.54) is 23.8 Å². The fraction of sp³-hybridized carbons (Fsp3) is 0.158. The molecule has 0 spiro atoms. The number of anilines is 1. The Morgan fingerprint density at radius 3 is 2.65 bits per heavy atom. The first-order valence-corrected chi connectivity index (χ1v) is 9.48. The maximum Gasteiger partial charge on any atom is 0.270 e. The summed E-state index contributed by atoms with van der Waals surface area (Å²) in [7, 11) is 1.54. The maximum atomic E-state index is 12.8. The zero-order valence-corrected chi connectivity index (χ0v) is 16.6. The molecule has 0 unspecified atom stereocenters. The van der Waals surface area contributed by atoms with Crippen molar-refractivity contribution < 1.29 is 14.3 Å². The molecule has 0 aliphatic carbocycles. The Hall–Kier alpha value is -2.02. The molecule has 2 aromatic carbocycles. The first-order chi connectivity index (χ1) is 12.5. The van der Waals surface area contributed by atoms with E-state index >= 15 is 0 Å². The largest absolute Gasteiger partial charge is 0.491 e. The molecule has 1 saturated heterocycles. The summed E-state index contributed by atoms with van der Waals surface area (Å²) in [5.74, 6) is 0.853. The van der Waals surface area contributed by atoms with Crippen molar-refractivity contribution in [1.29, 1.82) is 0 Å². The molecule has 4 nitrogen and oxygen atoms in total. The van der Waals surface area contributed by atoms with Crippen molar-refractivity contribution in [2.75, 3.05) is 18.6 Å². The molecule has 0 radical (unpaired) electrons. The SMILES string of the molecule is CCOc1cc(/C=C2/SC(=S)N(c3ccccc3)C2=O)cc(Cl)c1OC. The van der Waals surface area contributed by atoms with Gasteiger partial charge in [0, 0.05) is 0 Å². The van der Waals surface area contributed by atoms with Crippen LogP contribution in [-0.2, 0) is 4.79 Å². The lowest BCUT2D eigenvalue weighted by Gasteiger charge is -2.14. The van der Waals surface area contributed by atoms with E-state index in [4.69, 9.17) is 33.3 Å². The molecule has 0 aromatic heterocycles. The van der Waals surface area contributed by atoms with E-state index in [1.54, 1.807) is 18.2 Å². The number of carbonyl (C=O) groups excluding carboxylic acids is 1. The third-order valence-electron chi connectivity index (χ3n) is 3.64. The van der Waals surface area contributed by atoms with Gasteiger partial charge in [0.1, 0.15) is 0 Å². The van der Waals surface area contributed by atoms with Crippen LogP contribution in [0.25, 0.3) is 6.08 Å². The number of carbonyl (C=O) groups is 1. The standard InChI is InChI=1S/C19H16ClNO3S2/c1-3-24-15-10-12(9-14(20)17(15)23-2)11-16-18(22)21(19(25)26-16)13-7-5-4-6-8-13/h4-11H,3H2,1-2H3/b16-11+. The van der Waals surface area contributed by atoms with Gasteiger partial charge in [0.15, 0.2) is 15.8 Å². The molecule has 7 heteroatoms. The van der Waals surface area contributed by atoms with Gasteiger partial charge in [-0.1, -0.05) is 53.8 Å². The molecule has 0 atom stereocenters. The highest BCUT2D eigenvalue weighted by Gasteiger charge is 2.33. The molecule has 1 aliphatic rings. The second-order valence-electron chi connectivity index (χ2n) is 5.32. The Balaban J connectivity index is 1.96. The molecule has 1 aliphatic heterocycles. The highest BCUT2D eigenvalue weighted by molar-refractivity contribution is 8.27. The first kappa shape index (κ1) is 18.8. The topological polar surface area (TPSA) is 38.8 Å². The third-order valence-corrected chi connectivity index (χ3v) is 5.22. The Morgan fingerprint density at radius 2 is 2.00 bits per heavy atom. The minimum Gasteiger partial charge on any atom is -0.491 e. The van der Waals surface area contributed by atoms with Gasteiger partial charge in [-0.25, -0.2) is 0 Å². The van der Waals surface area contributed by atoms with E-state index in [2.05, 4.69) is 0 Å². The van der Waals surface area contributed by atoms with E-state index in [-0.39, 0.29) is 5.91 Å². The minimum atomic E-state index is -0.156. The molecule has 1 heterocycles. The van der Waals surface area contributed by atoms with E-state index < -0.39 is 0 Å². The van der Waals surface area contributed by atoms with Crippen molar-refractivity contribution in [2.45, 2.75) is 6.92 Å². The van der Waals surface area contributed by atoms with E-state index in [1.807, 2.05) is 37.3 Å². The van der Waals surface area contributed by atoms with Crippen molar-refractivity contribution in [1.82, 2.24) is 0 Å². The van der Waals surface area contributed by atoms with Gasteiger partial charge in [-0.15, -0.1) is 0 Å². The molecule has 0 saturated carbocycles. The Bertz CT molecular complexity index is 884. The normalized spacial score (nSPS) is 15.7. The predicted octanol–water partition coefficient (Wildman–Crippen LogP) is 5.15. The van der Waals surface area contributed by atoms with Crippen molar-refractivity contribution in [2.24, 2.45) is 0 Å². The number of amides is 1. The lowest BCUT2D eigenvalue weighted by molar-refractivity contribution is -0.113. The summed E-state index contributed by atoms with van der Waals surface area (Å²) in [6.07, 6.45) is 1.76. The maximum absolute atomic E-state index is 12.8. The number of halogens is 1. The van der Waals surface area contributed by atoms with Crippen molar-refractivity contribution in [3.8, 4) is 11.5 Å². The van der Waals surface area contributed by atoms with Crippen LogP contribution in [0.2, 0.25) is 5.02 Å². The first-order valence-electron chi connectivity index (χ1n) is 7.88. The van der Waals surface area contributed by atoms with Gasteiger partial charge in [0.2, 0.25) is 0 Å². The van der Waals surface area contributed by atoms with Crippen LogP contribution in [0.1, 0.15) is 12.5 Å². The second kappa shape index (κ2) is 8.12. The zero-order valence-electron chi connectivity index (χ0n) is 14.2. The van der Waals surface area contributed by atoms with Crippen molar-refractivity contribution in [3.63, 3.8) is 0 Å². The summed E-state index contributed by atoms with van der Waals surface area (Å²) < 4.78 is 11.4. The third kappa shape index (κ3) is 3.72. The summed E-state index contributed by atoms with van der Waals surface area (Å²) in [4.78, 5) is 14.9. The lowest BCUT2D eigenvalue weighted by atomic mass is 10.1. The average Bonchev–Trinajstić information content (AvgIpc) is 2.89. The molecule has 1 amide bonds. The predicted molar refractivity (Wildman–Crippen MR) is 111 cm³/mol. The van der Waals surface area contributed by atoms with E-state index in [0.29, 0.717) is 32.4 Å². The number of thiocarbonyl (C=S) groups is 1. The summed E-state index contributed by atoms with van der Waals surface area (Å²) in [6.45, 7) is 2.36. The monoisotopic (exact) mass is 405 g/mol. The van der Waals surface area contributed by atoms with Crippen molar-refractivity contribution >= 4 is 57.6 Å². The fourth-order valence-electron chi connectivity index (χ4n) is 2.55. The summed E-state index contributed by atoms with van der Waals surface area (Å²) in [5.41, 5.74) is 1.49. The summed E-state index contributed by atoms with van der Waals surface area (Å²) in [6, 6.07) is 12.9. The van der Waals surface area contributed by atoms with Crippen LogP contribution in [0.3, 0.4) is 0 Å². The second-order valence-corrected chi connectivity index (χ2v) is 7.40. The molecular weight excluding hydrogens is 390 g/mol. The fourth-order valence-corrected chi connectivity index (χ4v) is 4.15. The Labute approximate surface area is 166 Å². The highest BCUT2D eigenvalue weighted by Crippen LogP contribution is 2.39. The summed E-state index contributed by atoms with van der Waals surface area (Å²) >= 11 is 12.9. The van der Waals surface area contributed by atoms with Crippen LogP contribution in [-0.4, -0.2) is 23.9 Å². The van der Waals surface area contributed by atoms with Gasteiger partial charge >= 0.3 is 0 Å². The molecule has 3 rings (SSSR count). The highest BCUT2D eigenvalue weighted by atomic mass is 35.5. The van der Waals surface area contributed by atoms with Crippen LogP contribution in [0, 0.1) is 0 Å². The van der Waals surface area contributed by atoms with Gasteiger partial charge in [-0.05, 0) is 42.8 Å². The number of benzene rings is 2. The van der Waals surface area contributed by atoms with Crippen LogP contribution in [0.4, 0.5) is 5.69 Å². The number of rotatable bonds is 5. The van der Waals surface area contributed by atoms with Gasteiger partial charge in [0.05, 0.1) is 29.3 Å². The molecule has 26 heavy (non-hydrogen) atoms. The van der Waals surface area contributed by atoms with Crippen LogP contribution in [0.15, 0.2) is 47.4 Å². The van der Waals surface area contributed by atoms with Gasteiger partial charge in [-0.2, -0.15) is 0 Å². The molecule has 0 N–H and O–H groups in total. The van der Waals surface area contributed by atoms with Crippen molar-refractivity contribution in [3.05, 3.63) is 58.0 Å². The number of hydrogen-bond donors (Lipinski definition) is 0. The number of methoxy groups -OCH3 is 1.